The van der Waals surface area contributed by atoms with E-state index in [-0.39, 0.29) is 0 Å². The van der Waals surface area contributed by atoms with Crippen LogP contribution in [0.4, 0.5) is 0 Å². The minimum absolute atomic E-state index is 0.357. The Hall–Kier alpha value is -1.50. The summed E-state index contributed by atoms with van der Waals surface area (Å²) in [6, 6.07) is 7.51. The number of allylic oxidation sites excluding steroid dienone is 4. The Balaban J connectivity index is 1.96. The monoisotopic (exact) mass is 300 g/mol. The van der Waals surface area contributed by atoms with E-state index in [2.05, 4.69) is 37.3 Å². The minimum Gasteiger partial charge on any atom is -0.508 e. The average molecular weight is 300 g/mol. The molecule has 0 saturated carbocycles. The number of benzene rings is 1. The summed E-state index contributed by atoms with van der Waals surface area (Å²) in [5.74, 6) is 0.357. The van der Waals surface area contributed by atoms with E-state index < -0.39 is 0 Å². The van der Waals surface area contributed by atoms with E-state index in [1.807, 2.05) is 12.1 Å². The van der Waals surface area contributed by atoms with Crippen LogP contribution in [0.1, 0.15) is 70.3 Å². The highest BCUT2D eigenvalue weighted by Crippen LogP contribution is 2.12. The second-order valence-corrected chi connectivity index (χ2v) is 5.97. The van der Waals surface area contributed by atoms with Crippen molar-refractivity contribution in [1.29, 1.82) is 0 Å². The fourth-order valence-corrected chi connectivity index (χ4v) is 2.53. The first kappa shape index (κ1) is 18.5. The number of rotatable bonds is 12. The van der Waals surface area contributed by atoms with Crippen LogP contribution in [0.25, 0.3) is 0 Å². The molecule has 0 saturated heterocycles. The van der Waals surface area contributed by atoms with E-state index >= 15 is 0 Å². The third-order valence-corrected chi connectivity index (χ3v) is 3.87. The van der Waals surface area contributed by atoms with Crippen LogP contribution < -0.4 is 0 Å². The Morgan fingerprint density at radius 3 is 2.27 bits per heavy atom. The van der Waals surface area contributed by atoms with Crippen molar-refractivity contribution in [3.63, 3.8) is 0 Å². The van der Waals surface area contributed by atoms with Crippen molar-refractivity contribution < 1.29 is 5.11 Å². The van der Waals surface area contributed by atoms with E-state index in [0.717, 1.165) is 12.8 Å². The highest BCUT2D eigenvalue weighted by Gasteiger charge is 1.92. The normalized spacial score (nSPS) is 11.7. The standard InChI is InChI=1S/C21H32O/c1-2-3-4-5-6-7-8-9-10-11-12-13-14-16-20-17-15-18-21(22)19-20/h10-13,15,17-19,22H,2-9,14,16H2,1H3/b11-10+,13-12+. The van der Waals surface area contributed by atoms with Crippen molar-refractivity contribution >= 4 is 0 Å². The van der Waals surface area contributed by atoms with Crippen LogP contribution in [0.3, 0.4) is 0 Å². The van der Waals surface area contributed by atoms with Crippen LogP contribution in [-0.2, 0) is 6.42 Å². The molecule has 0 atom stereocenters. The number of phenolic OH excluding ortho intramolecular Hbond substituents is 1. The molecular weight excluding hydrogens is 268 g/mol. The lowest BCUT2D eigenvalue weighted by atomic mass is 10.1. The summed E-state index contributed by atoms with van der Waals surface area (Å²) in [6.07, 6.45) is 21.6. The molecule has 0 radical (unpaired) electrons. The molecule has 0 unspecified atom stereocenters. The van der Waals surface area contributed by atoms with E-state index in [1.54, 1.807) is 6.07 Å². The van der Waals surface area contributed by atoms with Crippen molar-refractivity contribution in [3.05, 3.63) is 54.1 Å². The van der Waals surface area contributed by atoms with Crippen LogP contribution >= 0.6 is 0 Å². The lowest BCUT2D eigenvalue weighted by molar-refractivity contribution is 0.474. The molecule has 0 aliphatic carbocycles. The first-order valence-corrected chi connectivity index (χ1v) is 8.92. The van der Waals surface area contributed by atoms with Crippen LogP contribution in [0.5, 0.6) is 5.75 Å². The predicted molar refractivity (Wildman–Crippen MR) is 97.3 cm³/mol. The molecule has 0 bridgehead atoms. The van der Waals surface area contributed by atoms with Gasteiger partial charge in [0, 0.05) is 0 Å². The lowest BCUT2D eigenvalue weighted by Crippen LogP contribution is -1.81. The number of phenols is 1. The predicted octanol–water partition coefficient (Wildman–Crippen LogP) is 6.58. The fraction of sp³-hybridized carbons (Fsp3) is 0.524. The molecule has 1 rings (SSSR count). The lowest BCUT2D eigenvalue weighted by Gasteiger charge is -1.99. The van der Waals surface area contributed by atoms with E-state index in [1.165, 1.54) is 56.9 Å². The van der Waals surface area contributed by atoms with Crippen molar-refractivity contribution in [2.75, 3.05) is 0 Å². The quantitative estimate of drug-likeness (QED) is 0.341. The zero-order chi connectivity index (χ0) is 15.9. The number of hydrogen-bond acceptors (Lipinski definition) is 1. The van der Waals surface area contributed by atoms with Crippen molar-refractivity contribution in [2.24, 2.45) is 0 Å². The van der Waals surface area contributed by atoms with Gasteiger partial charge in [-0.15, -0.1) is 0 Å². The second kappa shape index (κ2) is 13.2. The second-order valence-electron chi connectivity index (χ2n) is 5.97. The molecule has 0 amide bonds. The molecule has 1 aromatic rings. The summed E-state index contributed by atoms with van der Waals surface area (Å²) >= 11 is 0. The Kier molecular flexibility index (Phi) is 11.1. The molecule has 1 nitrogen and oxygen atoms in total. The smallest absolute Gasteiger partial charge is 0.115 e. The Bertz CT molecular complexity index is 431. The van der Waals surface area contributed by atoms with Crippen LogP contribution in [0.15, 0.2) is 48.6 Å². The summed E-state index contributed by atoms with van der Waals surface area (Å²) in [7, 11) is 0. The van der Waals surface area contributed by atoms with Crippen LogP contribution in [0, 0.1) is 0 Å². The maximum absolute atomic E-state index is 9.39. The van der Waals surface area contributed by atoms with Gasteiger partial charge >= 0.3 is 0 Å². The topological polar surface area (TPSA) is 20.2 Å². The van der Waals surface area contributed by atoms with Gasteiger partial charge in [-0.2, -0.15) is 0 Å². The molecule has 122 valence electrons. The van der Waals surface area contributed by atoms with Gasteiger partial charge in [0.1, 0.15) is 5.75 Å². The summed E-state index contributed by atoms with van der Waals surface area (Å²) in [5, 5.41) is 9.39. The molecule has 1 heteroatoms. The maximum Gasteiger partial charge on any atom is 0.115 e. The molecule has 0 heterocycles. The van der Waals surface area contributed by atoms with E-state index in [9.17, 15) is 5.11 Å². The molecule has 0 aliphatic heterocycles. The SMILES string of the molecule is CCCCCCCCC/C=C/C=C/CCc1cccc(O)c1. The van der Waals surface area contributed by atoms with Gasteiger partial charge in [-0.1, -0.05) is 81.9 Å². The van der Waals surface area contributed by atoms with Gasteiger partial charge in [0.05, 0.1) is 0 Å². The summed E-state index contributed by atoms with van der Waals surface area (Å²) in [5.41, 5.74) is 1.19. The molecule has 0 fully saturated rings. The first-order chi connectivity index (χ1) is 10.8. The third kappa shape index (κ3) is 10.3. The van der Waals surface area contributed by atoms with Crippen LogP contribution in [-0.4, -0.2) is 5.11 Å². The Labute approximate surface area is 136 Å². The molecule has 22 heavy (non-hydrogen) atoms. The van der Waals surface area contributed by atoms with Gasteiger partial charge in [0.25, 0.3) is 0 Å². The minimum atomic E-state index is 0.357. The molecule has 0 spiro atoms. The van der Waals surface area contributed by atoms with Crippen molar-refractivity contribution in [3.8, 4) is 5.75 Å². The highest BCUT2D eigenvalue weighted by molar-refractivity contribution is 5.27. The number of aromatic hydroxyl groups is 1. The highest BCUT2D eigenvalue weighted by atomic mass is 16.3. The molecule has 1 aromatic carbocycles. The first-order valence-electron chi connectivity index (χ1n) is 8.92. The van der Waals surface area contributed by atoms with E-state index in [4.69, 9.17) is 0 Å². The molecule has 1 N–H and O–H groups in total. The molecule has 0 aromatic heterocycles. The van der Waals surface area contributed by atoms with Gasteiger partial charge in [-0.25, -0.2) is 0 Å². The van der Waals surface area contributed by atoms with Gasteiger partial charge in [-0.05, 0) is 43.4 Å². The fourth-order valence-electron chi connectivity index (χ4n) is 2.53. The number of unbranched alkanes of at least 4 members (excludes halogenated alkanes) is 7. The van der Waals surface area contributed by atoms with Crippen LogP contribution in [0.2, 0.25) is 0 Å². The average Bonchev–Trinajstić information content (AvgIpc) is 2.52. The molecular formula is C21H32O. The maximum atomic E-state index is 9.39. The summed E-state index contributed by atoms with van der Waals surface area (Å²) in [4.78, 5) is 0. The largest absolute Gasteiger partial charge is 0.508 e. The Morgan fingerprint density at radius 1 is 0.864 bits per heavy atom. The zero-order valence-electron chi connectivity index (χ0n) is 14.1. The van der Waals surface area contributed by atoms with Gasteiger partial charge in [-0.3, -0.25) is 0 Å². The van der Waals surface area contributed by atoms with E-state index in [0.29, 0.717) is 5.75 Å². The number of hydrogen-bond donors (Lipinski definition) is 1. The van der Waals surface area contributed by atoms with Gasteiger partial charge in [0.15, 0.2) is 0 Å². The Morgan fingerprint density at radius 2 is 1.55 bits per heavy atom. The third-order valence-electron chi connectivity index (χ3n) is 3.87. The number of aryl methyl sites for hydroxylation is 1. The van der Waals surface area contributed by atoms with Gasteiger partial charge < -0.3 is 5.11 Å². The van der Waals surface area contributed by atoms with Crippen molar-refractivity contribution in [2.45, 2.75) is 71.1 Å². The van der Waals surface area contributed by atoms with Gasteiger partial charge in [0.2, 0.25) is 0 Å². The summed E-state index contributed by atoms with van der Waals surface area (Å²) < 4.78 is 0. The molecule has 0 aliphatic rings. The summed E-state index contributed by atoms with van der Waals surface area (Å²) in [6.45, 7) is 2.27. The van der Waals surface area contributed by atoms with Crippen molar-refractivity contribution in [1.82, 2.24) is 0 Å². The zero-order valence-corrected chi connectivity index (χ0v) is 14.1.